The molecule has 1 aromatic carbocycles. The summed E-state index contributed by atoms with van der Waals surface area (Å²) in [5.74, 6) is 1.43. The molecule has 4 nitrogen and oxygen atoms in total. The van der Waals surface area contributed by atoms with Gasteiger partial charge in [-0.25, -0.2) is 9.67 Å². The van der Waals surface area contributed by atoms with Crippen molar-refractivity contribution < 1.29 is 0 Å². The minimum Gasteiger partial charge on any atom is -0.324 e. The lowest BCUT2D eigenvalue weighted by molar-refractivity contribution is 0.459. The lowest BCUT2D eigenvalue weighted by Gasteiger charge is -2.14. The van der Waals surface area contributed by atoms with Crippen LogP contribution in [0.2, 0.25) is 5.02 Å². The Hall–Kier alpha value is -0.910. The van der Waals surface area contributed by atoms with Gasteiger partial charge >= 0.3 is 0 Å². The summed E-state index contributed by atoms with van der Waals surface area (Å²) in [6.45, 7) is 5.15. The fourth-order valence-corrected chi connectivity index (χ4v) is 2.93. The fraction of sp³-hybridized carbons (Fsp3) is 0.429. The predicted molar refractivity (Wildman–Crippen MR) is 84.6 cm³/mol. The third kappa shape index (κ3) is 4.04. The van der Waals surface area contributed by atoms with Crippen LogP contribution >= 0.6 is 27.5 Å². The van der Waals surface area contributed by atoms with Crippen LogP contribution in [0.25, 0.3) is 0 Å². The summed E-state index contributed by atoms with van der Waals surface area (Å²) in [4.78, 5) is 4.31. The van der Waals surface area contributed by atoms with Crippen molar-refractivity contribution in [3.8, 4) is 0 Å². The van der Waals surface area contributed by atoms with Crippen molar-refractivity contribution in [2.75, 3.05) is 0 Å². The molecule has 1 heterocycles. The molecule has 0 aliphatic carbocycles. The monoisotopic (exact) mass is 356 g/mol. The lowest BCUT2D eigenvalue weighted by atomic mass is 10.0. The summed E-state index contributed by atoms with van der Waals surface area (Å²) in [5.41, 5.74) is 7.25. The van der Waals surface area contributed by atoms with E-state index in [9.17, 15) is 0 Å². The standard InChI is InChI=1S/C14H18BrClN4/c1-9(2)7-20-14(18-8-19-20)6-13(17)10-3-11(15)5-12(16)4-10/h3-5,8-9,13H,6-7,17H2,1-2H3. The Balaban J connectivity index is 2.15. The van der Waals surface area contributed by atoms with E-state index in [0.29, 0.717) is 17.4 Å². The summed E-state index contributed by atoms with van der Waals surface area (Å²) < 4.78 is 2.85. The number of nitrogens with two attached hydrogens (primary N) is 1. The number of aromatic nitrogens is 3. The zero-order valence-corrected chi connectivity index (χ0v) is 13.9. The van der Waals surface area contributed by atoms with E-state index in [0.717, 1.165) is 22.4 Å². The van der Waals surface area contributed by atoms with E-state index in [2.05, 4.69) is 39.9 Å². The van der Waals surface area contributed by atoms with Crippen LogP contribution in [0.15, 0.2) is 29.0 Å². The van der Waals surface area contributed by atoms with Gasteiger partial charge in [-0.05, 0) is 29.7 Å². The molecule has 1 aromatic heterocycles. The number of halogens is 2. The first kappa shape index (κ1) is 15.5. The molecule has 0 bridgehead atoms. The summed E-state index contributed by atoms with van der Waals surface area (Å²) in [6.07, 6.45) is 2.22. The molecule has 0 radical (unpaired) electrons. The van der Waals surface area contributed by atoms with Crippen molar-refractivity contribution in [3.63, 3.8) is 0 Å². The van der Waals surface area contributed by atoms with E-state index >= 15 is 0 Å². The normalized spacial score (nSPS) is 12.9. The summed E-state index contributed by atoms with van der Waals surface area (Å²) in [5, 5.41) is 4.93. The first-order valence-corrected chi connectivity index (χ1v) is 7.71. The summed E-state index contributed by atoms with van der Waals surface area (Å²) in [7, 11) is 0. The second kappa shape index (κ2) is 6.70. The van der Waals surface area contributed by atoms with E-state index in [1.165, 1.54) is 0 Å². The number of nitrogens with zero attached hydrogens (tertiary/aromatic N) is 3. The van der Waals surface area contributed by atoms with E-state index in [1.807, 2.05) is 22.9 Å². The molecule has 0 fully saturated rings. The molecule has 0 saturated heterocycles. The molecule has 0 aliphatic heterocycles. The van der Waals surface area contributed by atoms with E-state index < -0.39 is 0 Å². The topological polar surface area (TPSA) is 56.7 Å². The van der Waals surface area contributed by atoms with Gasteiger partial charge in [-0.15, -0.1) is 0 Å². The van der Waals surface area contributed by atoms with Crippen LogP contribution in [0.1, 0.15) is 31.3 Å². The lowest BCUT2D eigenvalue weighted by Crippen LogP contribution is -2.18. The van der Waals surface area contributed by atoms with Gasteiger partial charge in [0.05, 0.1) is 0 Å². The maximum atomic E-state index is 6.26. The van der Waals surface area contributed by atoms with E-state index in [1.54, 1.807) is 6.33 Å². The molecule has 0 amide bonds. The average molecular weight is 358 g/mol. The molecule has 6 heteroatoms. The Morgan fingerprint density at radius 3 is 2.75 bits per heavy atom. The number of hydrogen-bond acceptors (Lipinski definition) is 3. The number of benzene rings is 1. The molecular weight excluding hydrogens is 340 g/mol. The van der Waals surface area contributed by atoms with Crippen LogP contribution in [0.5, 0.6) is 0 Å². The van der Waals surface area contributed by atoms with Gasteiger partial charge in [0.1, 0.15) is 12.2 Å². The average Bonchev–Trinajstić information content (AvgIpc) is 2.74. The molecule has 2 rings (SSSR count). The van der Waals surface area contributed by atoms with Gasteiger partial charge in [-0.1, -0.05) is 41.4 Å². The zero-order valence-electron chi connectivity index (χ0n) is 11.6. The van der Waals surface area contributed by atoms with Crippen molar-refractivity contribution in [2.24, 2.45) is 11.7 Å². The summed E-state index contributed by atoms with van der Waals surface area (Å²) in [6, 6.07) is 5.57. The number of rotatable bonds is 5. The van der Waals surface area contributed by atoms with Crippen molar-refractivity contribution in [1.29, 1.82) is 0 Å². The molecule has 0 aliphatic rings. The first-order chi connectivity index (χ1) is 9.45. The highest BCUT2D eigenvalue weighted by Crippen LogP contribution is 2.24. The summed E-state index contributed by atoms with van der Waals surface area (Å²) >= 11 is 9.49. The molecule has 0 saturated carbocycles. The highest BCUT2D eigenvalue weighted by atomic mass is 79.9. The van der Waals surface area contributed by atoms with Crippen LogP contribution in [-0.4, -0.2) is 14.8 Å². The van der Waals surface area contributed by atoms with Gasteiger partial charge in [0.15, 0.2) is 0 Å². The van der Waals surface area contributed by atoms with Crippen LogP contribution in [0.4, 0.5) is 0 Å². The Morgan fingerprint density at radius 1 is 1.35 bits per heavy atom. The third-order valence-electron chi connectivity index (χ3n) is 2.95. The minimum atomic E-state index is -0.153. The second-order valence-electron chi connectivity index (χ2n) is 5.27. The number of hydrogen-bond donors (Lipinski definition) is 1. The quantitative estimate of drug-likeness (QED) is 0.889. The van der Waals surface area contributed by atoms with Gasteiger partial charge in [0.2, 0.25) is 0 Å². The van der Waals surface area contributed by atoms with Crippen molar-refractivity contribution in [2.45, 2.75) is 32.9 Å². The largest absolute Gasteiger partial charge is 0.324 e. The Morgan fingerprint density at radius 2 is 2.10 bits per heavy atom. The van der Waals surface area contributed by atoms with E-state index in [-0.39, 0.29) is 6.04 Å². The molecule has 2 N–H and O–H groups in total. The molecule has 1 atom stereocenters. The van der Waals surface area contributed by atoms with Crippen LogP contribution in [-0.2, 0) is 13.0 Å². The first-order valence-electron chi connectivity index (χ1n) is 6.54. The van der Waals surface area contributed by atoms with Crippen LogP contribution in [0.3, 0.4) is 0 Å². The van der Waals surface area contributed by atoms with Gasteiger partial charge in [-0.3, -0.25) is 0 Å². The molecule has 2 aromatic rings. The fourth-order valence-electron chi connectivity index (χ4n) is 2.05. The Bertz CT molecular complexity index is 562. The predicted octanol–water partition coefficient (Wildman–Crippen LogP) is 3.59. The highest BCUT2D eigenvalue weighted by Gasteiger charge is 2.14. The van der Waals surface area contributed by atoms with Crippen molar-refractivity contribution in [1.82, 2.24) is 14.8 Å². The molecule has 0 spiro atoms. The van der Waals surface area contributed by atoms with Crippen molar-refractivity contribution >= 4 is 27.5 Å². The van der Waals surface area contributed by atoms with Gasteiger partial charge in [0.25, 0.3) is 0 Å². The maximum absolute atomic E-state index is 6.26. The second-order valence-corrected chi connectivity index (χ2v) is 6.62. The van der Waals surface area contributed by atoms with Crippen LogP contribution < -0.4 is 5.73 Å². The Kier molecular flexibility index (Phi) is 5.18. The SMILES string of the molecule is CC(C)Cn1ncnc1CC(N)c1cc(Cl)cc(Br)c1. The zero-order chi connectivity index (χ0) is 14.7. The van der Waals surface area contributed by atoms with Crippen LogP contribution in [0, 0.1) is 5.92 Å². The van der Waals surface area contributed by atoms with Gasteiger partial charge in [0, 0.05) is 28.5 Å². The maximum Gasteiger partial charge on any atom is 0.138 e. The molecule has 108 valence electrons. The van der Waals surface area contributed by atoms with Gasteiger partial charge < -0.3 is 5.73 Å². The van der Waals surface area contributed by atoms with E-state index in [4.69, 9.17) is 17.3 Å². The van der Waals surface area contributed by atoms with Gasteiger partial charge in [-0.2, -0.15) is 5.10 Å². The Labute approximate surface area is 132 Å². The molecular formula is C14H18BrClN4. The molecule has 20 heavy (non-hydrogen) atoms. The third-order valence-corrected chi connectivity index (χ3v) is 3.63. The molecule has 1 unspecified atom stereocenters. The minimum absolute atomic E-state index is 0.153. The van der Waals surface area contributed by atoms with Crippen molar-refractivity contribution in [3.05, 3.63) is 45.4 Å². The smallest absolute Gasteiger partial charge is 0.138 e. The highest BCUT2D eigenvalue weighted by molar-refractivity contribution is 9.10.